The van der Waals surface area contributed by atoms with Crippen molar-refractivity contribution < 1.29 is 41.7 Å². The van der Waals surface area contributed by atoms with E-state index >= 15 is 0 Å². The normalized spacial score (nSPS) is 22.7. The van der Waals surface area contributed by atoms with Gasteiger partial charge in [-0.05, 0) is 68.1 Å². The summed E-state index contributed by atoms with van der Waals surface area (Å²) in [4.78, 5) is 23.8. The number of halogens is 5. The third kappa shape index (κ3) is 7.24. The number of carbonyl (C=O) groups is 2. The second-order valence-corrected chi connectivity index (χ2v) is 10.0. The number of anilines is 1. The van der Waals surface area contributed by atoms with Gasteiger partial charge in [-0.1, -0.05) is 17.7 Å². The van der Waals surface area contributed by atoms with Crippen molar-refractivity contribution in [2.75, 3.05) is 39.7 Å². The minimum absolute atomic E-state index is 0.0193. The Balaban J connectivity index is 0.000000532. The number of methoxy groups -OCH3 is 2. The molecule has 1 heterocycles. The highest BCUT2D eigenvalue weighted by Gasteiger charge is 2.50. The van der Waals surface area contributed by atoms with Gasteiger partial charge < -0.3 is 30.1 Å². The number of aliphatic carboxylic acids is 1. The number of likely N-dealkylation sites (tertiary alicyclic amines) is 1. The smallest absolute Gasteiger partial charge is 0.490 e. The maximum Gasteiger partial charge on any atom is 0.490 e. The summed E-state index contributed by atoms with van der Waals surface area (Å²) in [5.74, 6) is -1.40. The standard InChI is InChI=1S/C24H29ClFN3O3.C2HF3O2/c1-29-13-16-10-18(28-23(30)27-17-5-6-20(26)19(25)12-17)8-9-24(16,14-29)15-4-7-21(31-2)22(11-15)32-3;3-2(4,5)1(6)7/h4-7,11-12,16,18H,8-10,13-14H2,1-3H3,(H2,27,28,30);(H,6,7)/t16-,18-,24+;/m1./s1. The lowest BCUT2D eigenvalue weighted by Gasteiger charge is -2.42. The number of hydrogen-bond acceptors (Lipinski definition) is 5. The Kier molecular flexibility index (Phi) is 9.55. The number of fused-ring (bicyclic) bond motifs is 1. The summed E-state index contributed by atoms with van der Waals surface area (Å²) in [7, 11) is 5.45. The zero-order valence-electron chi connectivity index (χ0n) is 21.6. The Bertz CT molecular complexity index is 1200. The van der Waals surface area contributed by atoms with Crippen LogP contribution >= 0.6 is 11.6 Å². The van der Waals surface area contributed by atoms with Crippen molar-refractivity contribution in [2.24, 2.45) is 5.92 Å². The fourth-order valence-electron chi connectivity index (χ4n) is 5.38. The molecule has 1 saturated heterocycles. The molecule has 1 aliphatic heterocycles. The zero-order chi connectivity index (χ0) is 29.0. The first kappa shape index (κ1) is 30.3. The van der Waals surface area contributed by atoms with Crippen molar-refractivity contribution in [3.05, 3.63) is 52.8 Å². The lowest BCUT2D eigenvalue weighted by molar-refractivity contribution is -0.192. The average Bonchev–Trinajstić information content (AvgIpc) is 3.21. The van der Waals surface area contributed by atoms with Crippen LogP contribution in [0.2, 0.25) is 5.02 Å². The highest BCUT2D eigenvalue weighted by atomic mass is 35.5. The lowest BCUT2D eigenvalue weighted by atomic mass is 9.63. The third-order valence-electron chi connectivity index (χ3n) is 7.09. The van der Waals surface area contributed by atoms with Gasteiger partial charge in [-0.3, -0.25) is 0 Å². The molecule has 0 spiro atoms. The van der Waals surface area contributed by atoms with Crippen LogP contribution < -0.4 is 20.1 Å². The van der Waals surface area contributed by atoms with E-state index in [0.29, 0.717) is 11.6 Å². The number of ether oxygens (including phenoxy) is 2. The predicted octanol–water partition coefficient (Wildman–Crippen LogP) is 5.30. The van der Waals surface area contributed by atoms with Crippen molar-refractivity contribution in [2.45, 2.75) is 36.9 Å². The number of alkyl halides is 3. The second-order valence-electron chi connectivity index (χ2n) is 9.62. The summed E-state index contributed by atoms with van der Waals surface area (Å²) >= 11 is 5.81. The Morgan fingerprint density at radius 2 is 1.79 bits per heavy atom. The minimum atomic E-state index is -5.08. The molecular formula is C26H30ClF4N3O5. The number of hydrogen-bond donors (Lipinski definition) is 3. The summed E-state index contributed by atoms with van der Waals surface area (Å²) < 4.78 is 56.1. The summed E-state index contributed by atoms with van der Waals surface area (Å²) in [6, 6.07) is 10.1. The molecule has 2 aliphatic rings. The topological polar surface area (TPSA) is 100 Å². The molecule has 1 aliphatic carbocycles. The fraction of sp³-hybridized carbons (Fsp3) is 0.462. The monoisotopic (exact) mass is 575 g/mol. The molecule has 0 unspecified atom stereocenters. The molecule has 0 aromatic heterocycles. The van der Waals surface area contributed by atoms with E-state index in [1.807, 2.05) is 6.07 Å². The van der Waals surface area contributed by atoms with Crippen LogP contribution in [0, 0.1) is 11.7 Å². The molecule has 2 amide bonds. The van der Waals surface area contributed by atoms with Gasteiger partial charge in [-0.15, -0.1) is 0 Å². The van der Waals surface area contributed by atoms with Gasteiger partial charge in [0, 0.05) is 30.2 Å². The molecule has 4 rings (SSSR count). The summed E-state index contributed by atoms with van der Waals surface area (Å²) in [5, 5.41) is 12.9. The molecule has 0 bridgehead atoms. The van der Waals surface area contributed by atoms with E-state index in [9.17, 15) is 22.4 Å². The molecular weight excluding hydrogens is 546 g/mol. The van der Waals surface area contributed by atoms with Crippen LogP contribution in [-0.2, 0) is 10.2 Å². The van der Waals surface area contributed by atoms with Crippen LogP contribution in [0.3, 0.4) is 0 Å². The first-order valence-corrected chi connectivity index (χ1v) is 12.4. The molecule has 8 nitrogen and oxygen atoms in total. The summed E-state index contributed by atoms with van der Waals surface area (Å²) in [6.07, 6.45) is -2.36. The van der Waals surface area contributed by atoms with E-state index in [1.165, 1.54) is 23.8 Å². The van der Waals surface area contributed by atoms with Crippen LogP contribution in [0.1, 0.15) is 24.8 Å². The number of carboxylic acid groups (broad SMARTS) is 1. The maximum absolute atomic E-state index is 13.4. The molecule has 0 radical (unpaired) electrons. The molecule has 3 N–H and O–H groups in total. The van der Waals surface area contributed by atoms with Crippen LogP contribution in [0.25, 0.3) is 0 Å². The van der Waals surface area contributed by atoms with Crippen molar-refractivity contribution in [3.63, 3.8) is 0 Å². The number of urea groups is 1. The molecule has 2 fully saturated rings. The number of nitrogens with one attached hydrogen (secondary N) is 2. The molecule has 3 atom stereocenters. The number of amides is 2. The van der Waals surface area contributed by atoms with Gasteiger partial charge in [0.25, 0.3) is 0 Å². The van der Waals surface area contributed by atoms with Crippen molar-refractivity contribution in [1.82, 2.24) is 10.2 Å². The SMILES string of the molecule is COc1ccc([C@@]23CC[C@@H](NC(=O)Nc4ccc(F)c(Cl)c4)C[C@@H]2CN(C)C3)cc1OC.O=C(O)C(F)(F)F. The van der Waals surface area contributed by atoms with Gasteiger partial charge in [0.05, 0.1) is 19.2 Å². The third-order valence-corrected chi connectivity index (χ3v) is 7.38. The number of nitrogens with zero attached hydrogens (tertiary/aromatic N) is 1. The van der Waals surface area contributed by atoms with Crippen LogP contribution in [0.4, 0.5) is 28.0 Å². The zero-order valence-corrected chi connectivity index (χ0v) is 22.3. The van der Waals surface area contributed by atoms with Gasteiger partial charge in [0.2, 0.25) is 0 Å². The predicted molar refractivity (Wildman–Crippen MR) is 137 cm³/mol. The van der Waals surface area contributed by atoms with Crippen molar-refractivity contribution in [1.29, 1.82) is 0 Å². The minimum Gasteiger partial charge on any atom is -0.493 e. The van der Waals surface area contributed by atoms with Crippen molar-refractivity contribution in [3.8, 4) is 11.5 Å². The molecule has 214 valence electrons. The molecule has 13 heteroatoms. The van der Waals surface area contributed by atoms with Crippen LogP contribution in [0.5, 0.6) is 11.5 Å². The largest absolute Gasteiger partial charge is 0.493 e. The summed E-state index contributed by atoms with van der Waals surface area (Å²) in [6.45, 7) is 1.95. The van der Waals surface area contributed by atoms with Gasteiger partial charge in [-0.25, -0.2) is 14.0 Å². The second kappa shape index (κ2) is 12.3. The average molecular weight is 576 g/mol. The maximum atomic E-state index is 13.4. The number of carboxylic acids is 1. The van der Waals surface area contributed by atoms with Crippen LogP contribution in [-0.4, -0.2) is 68.6 Å². The van der Waals surface area contributed by atoms with E-state index < -0.39 is 18.0 Å². The van der Waals surface area contributed by atoms with Crippen molar-refractivity contribution >= 4 is 29.3 Å². The fourth-order valence-corrected chi connectivity index (χ4v) is 5.56. The van der Waals surface area contributed by atoms with E-state index in [2.05, 4.69) is 34.7 Å². The molecule has 39 heavy (non-hydrogen) atoms. The van der Waals surface area contributed by atoms with E-state index in [1.54, 1.807) is 14.2 Å². The van der Waals surface area contributed by atoms with Gasteiger partial charge in [0.15, 0.2) is 11.5 Å². The highest BCUT2D eigenvalue weighted by Crippen LogP contribution is 2.49. The number of carbonyl (C=O) groups excluding carboxylic acids is 1. The van der Waals surface area contributed by atoms with Gasteiger partial charge in [0.1, 0.15) is 5.82 Å². The van der Waals surface area contributed by atoms with E-state index in [-0.39, 0.29) is 22.5 Å². The number of likely N-dealkylation sites (N-methyl/N-ethyl adjacent to an activating group) is 1. The Morgan fingerprint density at radius 3 is 2.38 bits per heavy atom. The number of benzene rings is 2. The Hall–Kier alpha value is -3.25. The van der Waals surface area contributed by atoms with Gasteiger partial charge in [-0.2, -0.15) is 13.2 Å². The Morgan fingerprint density at radius 1 is 1.13 bits per heavy atom. The highest BCUT2D eigenvalue weighted by molar-refractivity contribution is 6.31. The molecule has 2 aromatic carbocycles. The van der Waals surface area contributed by atoms with E-state index in [4.69, 9.17) is 31.0 Å². The van der Waals surface area contributed by atoms with E-state index in [0.717, 1.165) is 43.9 Å². The quantitative estimate of drug-likeness (QED) is 0.418. The number of rotatable bonds is 5. The van der Waals surface area contributed by atoms with Gasteiger partial charge >= 0.3 is 18.2 Å². The van der Waals surface area contributed by atoms with Crippen LogP contribution in [0.15, 0.2) is 36.4 Å². The molecule has 2 aromatic rings. The summed E-state index contributed by atoms with van der Waals surface area (Å²) in [5.41, 5.74) is 1.74. The lowest BCUT2D eigenvalue weighted by Crippen LogP contribution is -2.48. The Labute approximate surface area is 228 Å². The molecule has 1 saturated carbocycles. The first-order valence-electron chi connectivity index (χ1n) is 12.0. The first-order chi connectivity index (χ1) is 18.3.